The summed E-state index contributed by atoms with van der Waals surface area (Å²) in [7, 11) is 0. The van der Waals surface area contributed by atoms with Crippen molar-refractivity contribution in [3.8, 4) is 0 Å². The molecule has 0 aromatic carbocycles. The number of amides is 1. The lowest BCUT2D eigenvalue weighted by Gasteiger charge is -2.12. The van der Waals surface area contributed by atoms with Crippen LogP contribution in [0.4, 0.5) is 0 Å². The zero-order valence-corrected chi connectivity index (χ0v) is 9.40. The number of nitrogens with zero attached hydrogens (tertiary/aromatic N) is 2. The van der Waals surface area contributed by atoms with E-state index in [9.17, 15) is 4.79 Å². The van der Waals surface area contributed by atoms with Crippen molar-refractivity contribution < 1.29 is 4.79 Å². The number of hydrogen-bond donors (Lipinski definition) is 0. The Morgan fingerprint density at radius 1 is 1.69 bits per heavy atom. The van der Waals surface area contributed by atoms with E-state index in [1.165, 1.54) is 0 Å². The highest BCUT2D eigenvalue weighted by molar-refractivity contribution is 9.10. The van der Waals surface area contributed by atoms with E-state index in [-0.39, 0.29) is 5.91 Å². The van der Waals surface area contributed by atoms with Crippen LogP contribution in [0.25, 0.3) is 0 Å². The van der Waals surface area contributed by atoms with Crippen molar-refractivity contribution in [3.05, 3.63) is 15.0 Å². The van der Waals surface area contributed by atoms with Gasteiger partial charge in [0.05, 0.1) is 6.54 Å². The van der Waals surface area contributed by atoms with Gasteiger partial charge in [-0.1, -0.05) is 0 Å². The molecule has 2 heterocycles. The maximum atomic E-state index is 11.3. The van der Waals surface area contributed by atoms with Crippen molar-refractivity contribution in [2.45, 2.75) is 19.4 Å². The molecule has 3 nitrogen and oxygen atoms in total. The quantitative estimate of drug-likeness (QED) is 0.816. The third-order valence-electron chi connectivity index (χ3n) is 2.02. The van der Waals surface area contributed by atoms with Crippen LogP contribution in [0.2, 0.25) is 0 Å². The molecule has 0 unspecified atom stereocenters. The largest absolute Gasteiger partial charge is 0.336 e. The predicted octanol–water partition coefficient (Wildman–Crippen LogP) is 2.03. The number of hydrogen-bond acceptors (Lipinski definition) is 3. The van der Waals surface area contributed by atoms with Gasteiger partial charge in [-0.05, 0) is 22.4 Å². The van der Waals surface area contributed by atoms with Gasteiger partial charge < -0.3 is 4.90 Å². The van der Waals surface area contributed by atoms with Crippen LogP contribution in [0.1, 0.15) is 17.8 Å². The molecule has 0 saturated carbocycles. The fourth-order valence-corrected chi connectivity index (χ4v) is 2.67. The highest BCUT2D eigenvalue weighted by Crippen LogP contribution is 2.19. The van der Waals surface area contributed by atoms with Crippen molar-refractivity contribution in [3.63, 3.8) is 0 Å². The number of carbonyl (C=O) groups is 1. The maximum absolute atomic E-state index is 11.3. The van der Waals surface area contributed by atoms with Gasteiger partial charge in [0.15, 0.2) is 0 Å². The summed E-state index contributed by atoms with van der Waals surface area (Å²) in [6.45, 7) is 1.56. The number of halogens is 1. The van der Waals surface area contributed by atoms with Crippen LogP contribution < -0.4 is 0 Å². The zero-order chi connectivity index (χ0) is 9.26. The average Bonchev–Trinajstić information content (AvgIpc) is 2.64. The molecule has 1 aromatic rings. The Morgan fingerprint density at radius 3 is 3.08 bits per heavy atom. The molecular formula is C8H9BrN2OS. The van der Waals surface area contributed by atoms with E-state index >= 15 is 0 Å². The lowest BCUT2D eigenvalue weighted by atomic mass is 10.4. The Balaban J connectivity index is 2.01. The van der Waals surface area contributed by atoms with E-state index in [1.807, 2.05) is 10.3 Å². The first-order valence-corrected chi connectivity index (χ1v) is 5.80. The Labute approximate surface area is 88.9 Å². The minimum Gasteiger partial charge on any atom is -0.336 e. The summed E-state index contributed by atoms with van der Waals surface area (Å²) in [4.78, 5) is 17.4. The molecule has 0 aliphatic carbocycles. The fraction of sp³-hybridized carbons (Fsp3) is 0.500. The summed E-state index contributed by atoms with van der Waals surface area (Å²) in [5.74, 6) is 0.256. The van der Waals surface area contributed by atoms with Crippen molar-refractivity contribution in [1.82, 2.24) is 9.88 Å². The molecule has 1 aromatic heterocycles. The summed E-state index contributed by atoms with van der Waals surface area (Å²) in [6, 6.07) is 0. The van der Waals surface area contributed by atoms with Gasteiger partial charge in [-0.25, -0.2) is 4.98 Å². The summed E-state index contributed by atoms with van der Waals surface area (Å²) in [5.41, 5.74) is 0. The summed E-state index contributed by atoms with van der Waals surface area (Å²) >= 11 is 4.88. The molecule has 70 valence electrons. The smallest absolute Gasteiger partial charge is 0.223 e. The monoisotopic (exact) mass is 260 g/mol. The number of aromatic nitrogens is 1. The molecule has 1 amide bonds. The number of carbonyl (C=O) groups excluding carboxylic acids is 1. The van der Waals surface area contributed by atoms with Crippen molar-refractivity contribution in [2.24, 2.45) is 0 Å². The molecule has 0 radical (unpaired) electrons. The van der Waals surface area contributed by atoms with Crippen molar-refractivity contribution >= 4 is 33.2 Å². The summed E-state index contributed by atoms with van der Waals surface area (Å²) in [6.07, 6.45) is 1.69. The molecule has 1 saturated heterocycles. The van der Waals surface area contributed by atoms with Crippen LogP contribution in [-0.2, 0) is 11.3 Å². The van der Waals surface area contributed by atoms with E-state index in [2.05, 4.69) is 20.9 Å². The second-order valence-corrected chi connectivity index (χ2v) is 4.74. The lowest BCUT2D eigenvalue weighted by Crippen LogP contribution is -2.23. The number of likely N-dealkylation sites (tertiary alicyclic amines) is 1. The van der Waals surface area contributed by atoms with Gasteiger partial charge in [0, 0.05) is 18.3 Å². The van der Waals surface area contributed by atoms with E-state index in [0.717, 1.165) is 22.6 Å². The molecule has 1 fully saturated rings. The molecule has 2 rings (SSSR count). The van der Waals surface area contributed by atoms with Gasteiger partial charge in [0.25, 0.3) is 0 Å². The Kier molecular flexibility index (Phi) is 2.64. The van der Waals surface area contributed by atoms with Gasteiger partial charge in [0.2, 0.25) is 5.91 Å². The molecule has 0 atom stereocenters. The standard InChI is InChI=1S/C8H9BrN2OS/c9-6-5-13-7(10-6)4-11-3-1-2-8(11)12/h5H,1-4H2. The van der Waals surface area contributed by atoms with Gasteiger partial charge in [-0.3, -0.25) is 4.79 Å². The molecular weight excluding hydrogens is 252 g/mol. The fourth-order valence-electron chi connectivity index (χ4n) is 1.40. The SMILES string of the molecule is O=C1CCCN1Cc1nc(Br)cs1. The summed E-state index contributed by atoms with van der Waals surface area (Å²) < 4.78 is 0.860. The van der Waals surface area contributed by atoms with Gasteiger partial charge in [-0.15, -0.1) is 11.3 Å². The normalized spacial score (nSPS) is 17.0. The molecule has 0 N–H and O–H groups in total. The maximum Gasteiger partial charge on any atom is 0.223 e. The molecule has 5 heteroatoms. The third-order valence-corrected chi connectivity index (χ3v) is 3.56. The predicted molar refractivity (Wildman–Crippen MR) is 54.5 cm³/mol. The van der Waals surface area contributed by atoms with E-state index in [4.69, 9.17) is 0 Å². The van der Waals surface area contributed by atoms with Crippen LogP contribution in [0.5, 0.6) is 0 Å². The van der Waals surface area contributed by atoms with Crippen LogP contribution >= 0.6 is 27.3 Å². The number of thiazole rings is 1. The first-order chi connectivity index (χ1) is 6.25. The van der Waals surface area contributed by atoms with Gasteiger partial charge in [-0.2, -0.15) is 0 Å². The third kappa shape index (κ3) is 2.08. The molecule has 0 bridgehead atoms. The second-order valence-electron chi connectivity index (χ2n) is 2.98. The molecule has 1 aliphatic heterocycles. The van der Waals surface area contributed by atoms with Crippen LogP contribution in [0, 0.1) is 0 Å². The first kappa shape index (κ1) is 9.15. The van der Waals surface area contributed by atoms with E-state index < -0.39 is 0 Å². The van der Waals surface area contributed by atoms with Crippen LogP contribution in [-0.4, -0.2) is 22.3 Å². The minimum absolute atomic E-state index is 0.256. The Morgan fingerprint density at radius 2 is 2.54 bits per heavy atom. The molecule has 13 heavy (non-hydrogen) atoms. The van der Waals surface area contributed by atoms with Gasteiger partial charge >= 0.3 is 0 Å². The molecule has 0 spiro atoms. The highest BCUT2D eigenvalue weighted by atomic mass is 79.9. The minimum atomic E-state index is 0.256. The van der Waals surface area contributed by atoms with Crippen LogP contribution in [0.15, 0.2) is 9.98 Å². The number of rotatable bonds is 2. The van der Waals surface area contributed by atoms with Crippen molar-refractivity contribution in [1.29, 1.82) is 0 Å². The molecule has 1 aliphatic rings. The highest BCUT2D eigenvalue weighted by Gasteiger charge is 2.20. The summed E-state index contributed by atoms with van der Waals surface area (Å²) in [5, 5.41) is 2.94. The Bertz CT molecular complexity index is 326. The van der Waals surface area contributed by atoms with E-state index in [1.54, 1.807) is 11.3 Å². The van der Waals surface area contributed by atoms with Crippen LogP contribution in [0.3, 0.4) is 0 Å². The van der Waals surface area contributed by atoms with E-state index in [0.29, 0.717) is 13.0 Å². The van der Waals surface area contributed by atoms with Crippen molar-refractivity contribution in [2.75, 3.05) is 6.54 Å². The van der Waals surface area contributed by atoms with Gasteiger partial charge in [0.1, 0.15) is 9.61 Å². The zero-order valence-electron chi connectivity index (χ0n) is 6.99. The second kappa shape index (κ2) is 3.75. The topological polar surface area (TPSA) is 33.2 Å². The average molecular weight is 261 g/mol. The Hall–Kier alpha value is -0.420. The lowest BCUT2D eigenvalue weighted by molar-refractivity contribution is -0.128. The first-order valence-electron chi connectivity index (χ1n) is 4.13.